The van der Waals surface area contributed by atoms with Crippen molar-refractivity contribution in [3.05, 3.63) is 63.0 Å². The molecule has 1 unspecified atom stereocenters. The molecule has 8 heteroatoms. The number of carbonyl (C=O) groups excluding carboxylic acids is 1. The monoisotopic (exact) mass is 335 g/mol. The summed E-state index contributed by atoms with van der Waals surface area (Å²) in [7, 11) is 1.42. The van der Waals surface area contributed by atoms with E-state index in [4.69, 9.17) is 16.7 Å². The minimum Gasteiger partial charge on any atom is -0.481 e. The smallest absolute Gasteiger partial charge is 0.305 e. The lowest BCUT2D eigenvalue weighted by molar-refractivity contribution is -0.137. The molecular weight excluding hydrogens is 322 g/mol. The number of aliphatic carboxylic acids is 1. The molecule has 0 aliphatic heterocycles. The molecule has 2 rings (SSSR count). The Morgan fingerprint density at radius 2 is 2.00 bits per heavy atom. The zero-order chi connectivity index (χ0) is 17.0. The Morgan fingerprint density at radius 3 is 2.61 bits per heavy atom. The average molecular weight is 336 g/mol. The molecule has 1 atom stereocenters. The number of carboxylic acids is 1. The van der Waals surface area contributed by atoms with Gasteiger partial charge in [0.15, 0.2) is 0 Å². The lowest BCUT2D eigenvalue weighted by Gasteiger charge is -2.18. The first-order chi connectivity index (χ1) is 10.9. The SMILES string of the molecule is Cn1nc(C(=O)NC(CC(=O)O)c2ccccc2Cl)ccc1=O. The summed E-state index contributed by atoms with van der Waals surface area (Å²) in [5, 5.41) is 15.8. The molecule has 1 heterocycles. The lowest BCUT2D eigenvalue weighted by atomic mass is 10.0. The Bertz CT molecular complexity index is 803. The van der Waals surface area contributed by atoms with Crippen molar-refractivity contribution in [1.29, 1.82) is 0 Å². The fourth-order valence-electron chi connectivity index (χ4n) is 2.03. The molecule has 0 aliphatic carbocycles. The fourth-order valence-corrected chi connectivity index (χ4v) is 2.29. The minimum atomic E-state index is -1.08. The molecule has 2 aromatic rings. The summed E-state index contributed by atoms with van der Waals surface area (Å²) in [5.41, 5.74) is 0.152. The van der Waals surface area contributed by atoms with Crippen LogP contribution < -0.4 is 10.9 Å². The van der Waals surface area contributed by atoms with Crippen molar-refractivity contribution < 1.29 is 14.7 Å². The van der Waals surface area contributed by atoms with E-state index in [1.54, 1.807) is 24.3 Å². The van der Waals surface area contributed by atoms with Crippen LogP contribution in [0, 0.1) is 0 Å². The Morgan fingerprint density at radius 1 is 1.30 bits per heavy atom. The molecule has 0 saturated heterocycles. The first kappa shape index (κ1) is 16.7. The fraction of sp³-hybridized carbons (Fsp3) is 0.200. The Labute approximate surface area is 136 Å². The molecule has 7 nitrogen and oxygen atoms in total. The number of aromatic nitrogens is 2. The molecule has 1 aromatic carbocycles. The summed E-state index contributed by atoms with van der Waals surface area (Å²) in [5.74, 6) is -1.67. The van der Waals surface area contributed by atoms with E-state index in [-0.39, 0.29) is 17.7 Å². The van der Waals surface area contributed by atoms with E-state index in [9.17, 15) is 14.4 Å². The molecule has 0 bridgehead atoms. The van der Waals surface area contributed by atoms with Gasteiger partial charge in [0.25, 0.3) is 11.5 Å². The van der Waals surface area contributed by atoms with Gasteiger partial charge in [-0.3, -0.25) is 14.4 Å². The van der Waals surface area contributed by atoms with E-state index in [0.717, 1.165) is 4.68 Å². The molecule has 0 fully saturated rings. The predicted molar refractivity (Wildman–Crippen MR) is 83.4 cm³/mol. The highest BCUT2D eigenvalue weighted by molar-refractivity contribution is 6.31. The van der Waals surface area contributed by atoms with Crippen molar-refractivity contribution in [2.45, 2.75) is 12.5 Å². The largest absolute Gasteiger partial charge is 0.481 e. The minimum absolute atomic E-state index is 0.00884. The van der Waals surface area contributed by atoms with Crippen LogP contribution in [-0.2, 0) is 11.8 Å². The standard InChI is InChI=1S/C15H14ClN3O4/c1-19-13(20)7-6-11(18-19)15(23)17-12(8-14(21)22)9-4-2-3-5-10(9)16/h2-7,12H,8H2,1H3,(H,17,23)(H,21,22). The van der Waals surface area contributed by atoms with E-state index in [1.165, 1.54) is 19.2 Å². The third-order valence-electron chi connectivity index (χ3n) is 3.16. The first-order valence-electron chi connectivity index (χ1n) is 6.70. The van der Waals surface area contributed by atoms with Gasteiger partial charge in [0.05, 0.1) is 12.5 Å². The molecule has 120 valence electrons. The summed E-state index contributed by atoms with van der Waals surface area (Å²) < 4.78 is 1.02. The molecule has 0 radical (unpaired) electrons. The number of aryl methyl sites for hydroxylation is 1. The van der Waals surface area contributed by atoms with Gasteiger partial charge in [-0.05, 0) is 17.7 Å². The molecule has 23 heavy (non-hydrogen) atoms. The van der Waals surface area contributed by atoms with Gasteiger partial charge in [-0.15, -0.1) is 0 Å². The van der Waals surface area contributed by atoms with Crippen molar-refractivity contribution in [2.24, 2.45) is 7.05 Å². The number of hydrogen-bond donors (Lipinski definition) is 2. The molecule has 2 N–H and O–H groups in total. The number of halogens is 1. The van der Waals surface area contributed by atoms with Crippen LogP contribution >= 0.6 is 11.6 Å². The van der Waals surface area contributed by atoms with Crippen LogP contribution in [0.25, 0.3) is 0 Å². The second-order valence-electron chi connectivity index (χ2n) is 4.83. The maximum Gasteiger partial charge on any atom is 0.305 e. The third kappa shape index (κ3) is 4.17. The van der Waals surface area contributed by atoms with Gasteiger partial charge in [-0.2, -0.15) is 5.10 Å². The molecular formula is C15H14ClN3O4. The third-order valence-corrected chi connectivity index (χ3v) is 3.50. The van der Waals surface area contributed by atoms with E-state index in [1.807, 2.05) is 0 Å². The number of carbonyl (C=O) groups is 2. The summed E-state index contributed by atoms with van der Waals surface area (Å²) >= 11 is 6.07. The normalized spacial score (nSPS) is 11.7. The number of benzene rings is 1. The van der Waals surface area contributed by atoms with Crippen LogP contribution in [0.3, 0.4) is 0 Å². The van der Waals surface area contributed by atoms with Crippen LogP contribution in [-0.4, -0.2) is 26.8 Å². The van der Waals surface area contributed by atoms with Gasteiger partial charge in [0.2, 0.25) is 0 Å². The number of amides is 1. The van der Waals surface area contributed by atoms with Crippen LogP contribution in [0.1, 0.15) is 28.5 Å². The van der Waals surface area contributed by atoms with Crippen LogP contribution in [0.2, 0.25) is 5.02 Å². The maximum atomic E-state index is 12.3. The predicted octanol–water partition coefficient (Wildman–Crippen LogP) is 1.38. The number of rotatable bonds is 5. The highest BCUT2D eigenvalue weighted by atomic mass is 35.5. The van der Waals surface area contributed by atoms with Crippen molar-refractivity contribution in [3.63, 3.8) is 0 Å². The Kier molecular flexibility index (Phi) is 5.13. The summed E-state index contributed by atoms with van der Waals surface area (Å²) in [6, 6.07) is 8.35. The highest BCUT2D eigenvalue weighted by Crippen LogP contribution is 2.25. The van der Waals surface area contributed by atoms with Crippen molar-refractivity contribution >= 4 is 23.5 Å². The molecule has 0 aliphatic rings. The summed E-state index contributed by atoms with van der Waals surface area (Å²) in [6.07, 6.45) is -0.332. The van der Waals surface area contributed by atoms with Gasteiger partial charge in [-0.25, -0.2) is 4.68 Å². The highest BCUT2D eigenvalue weighted by Gasteiger charge is 2.21. The molecule has 1 amide bonds. The lowest BCUT2D eigenvalue weighted by Crippen LogP contribution is -2.32. The Hall–Kier alpha value is -2.67. The Balaban J connectivity index is 2.28. The van der Waals surface area contributed by atoms with Crippen molar-refractivity contribution in [2.75, 3.05) is 0 Å². The molecule has 0 spiro atoms. The topological polar surface area (TPSA) is 101 Å². The second-order valence-corrected chi connectivity index (χ2v) is 5.23. The number of carboxylic acid groups (broad SMARTS) is 1. The van der Waals surface area contributed by atoms with E-state index in [0.29, 0.717) is 10.6 Å². The zero-order valence-corrected chi connectivity index (χ0v) is 12.9. The van der Waals surface area contributed by atoms with Crippen LogP contribution in [0.4, 0.5) is 0 Å². The average Bonchev–Trinajstić information content (AvgIpc) is 2.49. The molecule has 1 aromatic heterocycles. The number of nitrogens with zero attached hydrogens (tertiary/aromatic N) is 2. The van der Waals surface area contributed by atoms with Crippen molar-refractivity contribution in [3.8, 4) is 0 Å². The second kappa shape index (κ2) is 7.06. The van der Waals surface area contributed by atoms with E-state index in [2.05, 4.69) is 10.4 Å². The first-order valence-corrected chi connectivity index (χ1v) is 7.07. The maximum absolute atomic E-state index is 12.3. The number of nitrogens with one attached hydrogen (secondary N) is 1. The van der Waals surface area contributed by atoms with Crippen molar-refractivity contribution in [1.82, 2.24) is 15.1 Å². The van der Waals surface area contributed by atoms with Gasteiger partial charge < -0.3 is 10.4 Å². The van der Waals surface area contributed by atoms with E-state index >= 15 is 0 Å². The van der Waals surface area contributed by atoms with Gasteiger partial charge in [0, 0.05) is 18.1 Å². The van der Waals surface area contributed by atoms with Crippen LogP contribution in [0.5, 0.6) is 0 Å². The van der Waals surface area contributed by atoms with E-state index < -0.39 is 17.9 Å². The van der Waals surface area contributed by atoms with Crippen LogP contribution in [0.15, 0.2) is 41.2 Å². The summed E-state index contributed by atoms with van der Waals surface area (Å²) in [6.45, 7) is 0. The van der Waals surface area contributed by atoms with Gasteiger partial charge >= 0.3 is 5.97 Å². The van der Waals surface area contributed by atoms with Gasteiger partial charge in [0.1, 0.15) is 5.69 Å². The molecule has 0 saturated carbocycles. The zero-order valence-electron chi connectivity index (χ0n) is 12.2. The quantitative estimate of drug-likeness (QED) is 0.859. The summed E-state index contributed by atoms with van der Waals surface area (Å²) in [4.78, 5) is 34.6. The van der Waals surface area contributed by atoms with Gasteiger partial charge in [-0.1, -0.05) is 29.8 Å². The number of hydrogen-bond acceptors (Lipinski definition) is 4.